The van der Waals surface area contributed by atoms with Gasteiger partial charge in [0.1, 0.15) is 5.82 Å². The summed E-state index contributed by atoms with van der Waals surface area (Å²) >= 11 is 0. The maximum Gasteiger partial charge on any atom is 0.128 e. The van der Waals surface area contributed by atoms with E-state index in [1.807, 2.05) is 6.07 Å². The number of hydrazine groups is 1. The molecular formula is C9H12FN3. The van der Waals surface area contributed by atoms with E-state index >= 15 is 0 Å². The van der Waals surface area contributed by atoms with Crippen LogP contribution in [0.2, 0.25) is 0 Å². The minimum atomic E-state index is -0.209. The summed E-state index contributed by atoms with van der Waals surface area (Å²) < 4.78 is 13.3. The van der Waals surface area contributed by atoms with E-state index in [1.165, 1.54) is 6.07 Å². The first kappa shape index (κ1) is 8.62. The summed E-state index contributed by atoms with van der Waals surface area (Å²) in [5.41, 5.74) is 12.3. The second kappa shape index (κ2) is 3.41. The van der Waals surface area contributed by atoms with Crippen LogP contribution < -0.4 is 16.6 Å². The summed E-state index contributed by atoms with van der Waals surface area (Å²) in [7, 11) is 0. The molecule has 0 aromatic heterocycles. The van der Waals surface area contributed by atoms with E-state index in [1.54, 1.807) is 12.1 Å². The first-order valence-corrected chi connectivity index (χ1v) is 4.27. The molecule has 0 radical (unpaired) electrons. The van der Waals surface area contributed by atoms with Gasteiger partial charge >= 0.3 is 0 Å². The van der Waals surface area contributed by atoms with Crippen molar-refractivity contribution in [2.75, 3.05) is 6.54 Å². The number of hydrogen-bond donors (Lipinski definition) is 3. The van der Waals surface area contributed by atoms with E-state index in [-0.39, 0.29) is 17.9 Å². The smallest absolute Gasteiger partial charge is 0.128 e. The van der Waals surface area contributed by atoms with Gasteiger partial charge in [0.2, 0.25) is 0 Å². The van der Waals surface area contributed by atoms with Gasteiger partial charge in [-0.2, -0.15) is 0 Å². The van der Waals surface area contributed by atoms with E-state index in [0.717, 1.165) is 0 Å². The fourth-order valence-electron chi connectivity index (χ4n) is 1.55. The van der Waals surface area contributed by atoms with E-state index in [0.29, 0.717) is 12.1 Å². The van der Waals surface area contributed by atoms with Crippen molar-refractivity contribution < 1.29 is 4.39 Å². The Hall–Kier alpha value is -0.970. The van der Waals surface area contributed by atoms with Gasteiger partial charge in [0, 0.05) is 18.2 Å². The SMILES string of the molecule is NC1CNNC1c1ccccc1F. The average Bonchev–Trinajstić information content (AvgIpc) is 2.52. The van der Waals surface area contributed by atoms with E-state index in [4.69, 9.17) is 5.73 Å². The predicted molar refractivity (Wildman–Crippen MR) is 48.3 cm³/mol. The monoisotopic (exact) mass is 181 g/mol. The molecule has 0 amide bonds. The lowest BCUT2D eigenvalue weighted by Crippen LogP contribution is -2.30. The molecule has 1 heterocycles. The van der Waals surface area contributed by atoms with Crippen LogP contribution >= 0.6 is 0 Å². The topological polar surface area (TPSA) is 50.1 Å². The molecule has 4 heteroatoms. The maximum absolute atomic E-state index is 13.3. The molecule has 2 atom stereocenters. The summed E-state index contributed by atoms with van der Waals surface area (Å²) in [6.07, 6.45) is 0. The Balaban J connectivity index is 2.29. The second-order valence-electron chi connectivity index (χ2n) is 3.19. The van der Waals surface area contributed by atoms with Gasteiger partial charge in [0.05, 0.1) is 6.04 Å². The molecule has 4 N–H and O–H groups in total. The van der Waals surface area contributed by atoms with Crippen LogP contribution in [0.4, 0.5) is 4.39 Å². The first-order valence-electron chi connectivity index (χ1n) is 4.27. The van der Waals surface area contributed by atoms with Gasteiger partial charge in [-0.1, -0.05) is 18.2 Å². The molecule has 3 nitrogen and oxygen atoms in total. The summed E-state index contributed by atoms with van der Waals surface area (Å²) in [5.74, 6) is -0.209. The van der Waals surface area contributed by atoms with Crippen molar-refractivity contribution in [3.63, 3.8) is 0 Å². The zero-order valence-electron chi connectivity index (χ0n) is 7.13. The van der Waals surface area contributed by atoms with Crippen molar-refractivity contribution in [2.24, 2.45) is 5.73 Å². The highest BCUT2D eigenvalue weighted by molar-refractivity contribution is 5.23. The molecule has 1 aliphatic rings. The third kappa shape index (κ3) is 1.56. The molecule has 1 aromatic rings. The third-order valence-corrected chi connectivity index (χ3v) is 2.26. The Labute approximate surface area is 76.1 Å². The van der Waals surface area contributed by atoms with Gasteiger partial charge in [0.15, 0.2) is 0 Å². The van der Waals surface area contributed by atoms with Gasteiger partial charge in [-0.25, -0.2) is 9.82 Å². The Kier molecular flexibility index (Phi) is 2.26. The fraction of sp³-hybridized carbons (Fsp3) is 0.333. The van der Waals surface area contributed by atoms with Crippen LogP contribution in [0.1, 0.15) is 11.6 Å². The summed E-state index contributed by atoms with van der Waals surface area (Å²) in [6, 6.07) is 6.48. The van der Waals surface area contributed by atoms with Gasteiger partial charge in [-0.3, -0.25) is 5.43 Å². The highest BCUT2D eigenvalue weighted by Gasteiger charge is 2.26. The summed E-state index contributed by atoms with van der Waals surface area (Å²) in [4.78, 5) is 0. The minimum Gasteiger partial charge on any atom is -0.325 e. The second-order valence-corrected chi connectivity index (χ2v) is 3.19. The molecule has 70 valence electrons. The van der Waals surface area contributed by atoms with Crippen molar-refractivity contribution in [3.8, 4) is 0 Å². The van der Waals surface area contributed by atoms with E-state index in [2.05, 4.69) is 10.9 Å². The molecule has 0 bridgehead atoms. The third-order valence-electron chi connectivity index (χ3n) is 2.26. The normalized spacial score (nSPS) is 27.8. The van der Waals surface area contributed by atoms with Crippen LogP contribution in [0.3, 0.4) is 0 Å². The molecule has 0 aliphatic carbocycles. The lowest BCUT2D eigenvalue weighted by atomic mass is 10.0. The molecule has 13 heavy (non-hydrogen) atoms. The minimum absolute atomic E-state index is 0.0723. The molecule has 1 fully saturated rings. The summed E-state index contributed by atoms with van der Waals surface area (Å²) in [6.45, 7) is 0.666. The Morgan fingerprint density at radius 3 is 2.77 bits per heavy atom. The van der Waals surface area contributed by atoms with Crippen LogP contribution in [0, 0.1) is 5.82 Å². The first-order chi connectivity index (χ1) is 6.29. The molecule has 0 spiro atoms. The number of hydrogen-bond acceptors (Lipinski definition) is 3. The quantitative estimate of drug-likeness (QED) is 0.584. The van der Waals surface area contributed by atoms with Crippen molar-refractivity contribution in [2.45, 2.75) is 12.1 Å². The molecule has 0 saturated carbocycles. The van der Waals surface area contributed by atoms with E-state index < -0.39 is 0 Å². The number of nitrogens with one attached hydrogen (secondary N) is 2. The lowest BCUT2D eigenvalue weighted by Gasteiger charge is -2.14. The molecule has 1 aliphatic heterocycles. The van der Waals surface area contributed by atoms with Crippen LogP contribution in [-0.4, -0.2) is 12.6 Å². The van der Waals surface area contributed by atoms with Crippen LogP contribution in [0.5, 0.6) is 0 Å². The molecule has 1 aromatic carbocycles. The van der Waals surface area contributed by atoms with Gasteiger partial charge in [-0.15, -0.1) is 0 Å². The average molecular weight is 181 g/mol. The van der Waals surface area contributed by atoms with Crippen LogP contribution in [0.15, 0.2) is 24.3 Å². The molecule has 2 rings (SSSR count). The van der Waals surface area contributed by atoms with E-state index in [9.17, 15) is 4.39 Å². The highest BCUT2D eigenvalue weighted by atomic mass is 19.1. The Bertz CT molecular complexity index is 303. The predicted octanol–water partition coefficient (Wildman–Crippen LogP) is 0.302. The Morgan fingerprint density at radius 2 is 2.15 bits per heavy atom. The van der Waals surface area contributed by atoms with Crippen LogP contribution in [-0.2, 0) is 0 Å². The zero-order valence-corrected chi connectivity index (χ0v) is 7.13. The van der Waals surface area contributed by atoms with Crippen molar-refractivity contribution in [1.82, 2.24) is 10.9 Å². The van der Waals surface area contributed by atoms with Crippen molar-refractivity contribution in [3.05, 3.63) is 35.6 Å². The highest BCUT2D eigenvalue weighted by Crippen LogP contribution is 2.20. The maximum atomic E-state index is 13.3. The standard InChI is InChI=1S/C9H12FN3/c10-7-4-2-1-3-6(7)9-8(11)5-12-13-9/h1-4,8-9,12-13H,5,11H2. The number of benzene rings is 1. The molecular weight excluding hydrogens is 169 g/mol. The lowest BCUT2D eigenvalue weighted by molar-refractivity contribution is 0.510. The fourth-order valence-corrected chi connectivity index (χ4v) is 1.55. The molecule has 1 saturated heterocycles. The number of halogens is 1. The Morgan fingerprint density at radius 1 is 1.38 bits per heavy atom. The van der Waals surface area contributed by atoms with Crippen molar-refractivity contribution in [1.29, 1.82) is 0 Å². The number of nitrogens with two attached hydrogens (primary N) is 1. The van der Waals surface area contributed by atoms with Crippen molar-refractivity contribution >= 4 is 0 Å². The zero-order chi connectivity index (χ0) is 9.26. The summed E-state index contributed by atoms with van der Waals surface area (Å²) in [5, 5.41) is 0. The van der Waals surface area contributed by atoms with Gasteiger partial charge < -0.3 is 5.73 Å². The van der Waals surface area contributed by atoms with Gasteiger partial charge in [-0.05, 0) is 6.07 Å². The largest absolute Gasteiger partial charge is 0.325 e. The van der Waals surface area contributed by atoms with Gasteiger partial charge in [0.25, 0.3) is 0 Å². The van der Waals surface area contributed by atoms with Crippen LogP contribution in [0.25, 0.3) is 0 Å². The molecule has 2 unspecified atom stereocenters. The number of rotatable bonds is 1.